The number of nitrogens with zero attached hydrogens (tertiary/aromatic N) is 3. The molecule has 1 aliphatic heterocycles. The van der Waals surface area contributed by atoms with Crippen LogP contribution in [0.25, 0.3) is 22.0 Å². The molecule has 3 heterocycles. The maximum absolute atomic E-state index is 12.7. The molecule has 154 valence electrons. The number of fused-ring (bicyclic) bond motifs is 1. The molecule has 4 aromatic rings. The number of pyridine rings is 2. The van der Waals surface area contributed by atoms with Gasteiger partial charge in [-0.3, -0.25) is 4.79 Å². The van der Waals surface area contributed by atoms with Gasteiger partial charge in [0.2, 0.25) is 0 Å². The molecule has 0 aliphatic carbocycles. The highest BCUT2D eigenvalue weighted by Gasteiger charge is 2.18. The number of hydrogen-bond donors (Lipinski definition) is 1. The number of benzene rings is 2. The van der Waals surface area contributed by atoms with Crippen LogP contribution in [0.15, 0.2) is 79.0 Å². The molecule has 5 nitrogen and oxygen atoms in total. The molecule has 0 spiro atoms. The monoisotopic (exact) mass is 408 g/mol. The Balaban J connectivity index is 1.38. The number of aromatic nitrogens is 2. The maximum atomic E-state index is 12.7. The van der Waals surface area contributed by atoms with Crippen molar-refractivity contribution >= 4 is 28.4 Å². The second kappa shape index (κ2) is 8.56. The molecule has 0 atom stereocenters. The lowest BCUT2D eigenvalue weighted by atomic mass is 10.0. The Morgan fingerprint density at radius 1 is 0.806 bits per heavy atom. The molecule has 0 saturated carbocycles. The number of hydrogen-bond acceptors (Lipinski definition) is 4. The summed E-state index contributed by atoms with van der Waals surface area (Å²) in [6.07, 6.45) is 5.18. The van der Waals surface area contributed by atoms with E-state index in [1.165, 1.54) is 6.42 Å². The minimum Gasteiger partial charge on any atom is -0.339 e. The molecule has 1 N–H and O–H groups in total. The fraction of sp³-hybridized carbons (Fsp3) is 0.192. The summed E-state index contributed by atoms with van der Waals surface area (Å²) in [5, 5.41) is 4.32. The second-order valence-electron chi connectivity index (χ2n) is 7.87. The largest absolute Gasteiger partial charge is 0.339 e. The number of likely N-dealkylation sites (tertiary alicyclic amines) is 1. The first kappa shape index (κ1) is 19.2. The molecular weight excluding hydrogens is 384 g/mol. The third kappa shape index (κ3) is 4.26. The Hall–Kier alpha value is -3.73. The Morgan fingerprint density at radius 3 is 2.35 bits per heavy atom. The van der Waals surface area contributed by atoms with Crippen LogP contribution in [0, 0.1) is 0 Å². The van der Waals surface area contributed by atoms with Gasteiger partial charge >= 0.3 is 0 Å². The van der Waals surface area contributed by atoms with Crippen LogP contribution < -0.4 is 5.32 Å². The van der Waals surface area contributed by atoms with Gasteiger partial charge in [-0.05, 0) is 72.9 Å². The highest BCUT2D eigenvalue weighted by molar-refractivity contribution is 5.95. The molecule has 0 unspecified atom stereocenters. The second-order valence-corrected chi connectivity index (χ2v) is 7.87. The smallest absolute Gasteiger partial charge is 0.253 e. The van der Waals surface area contributed by atoms with Crippen LogP contribution in [0.1, 0.15) is 29.6 Å². The number of nitrogens with one attached hydrogen (secondary N) is 1. The van der Waals surface area contributed by atoms with Gasteiger partial charge in [0, 0.05) is 30.2 Å². The van der Waals surface area contributed by atoms with Crippen molar-refractivity contribution in [3.05, 3.63) is 84.6 Å². The minimum atomic E-state index is 0.136. The summed E-state index contributed by atoms with van der Waals surface area (Å²) in [5.74, 6) is 1.65. The molecule has 1 fully saturated rings. The summed E-state index contributed by atoms with van der Waals surface area (Å²) in [5.41, 5.74) is 3.81. The van der Waals surface area contributed by atoms with Gasteiger partial charge in [-0.1, -0.05) is 30.3 Å². The van der Waals surface area contributed by atoms with Crippen molar-refractivity contribution in [2.45, 2.75) is 19.3 Å². The van der Waals surface area contributed by atoms with Crippen molar-refractivity contribution in [3.8, 4) is 11.1 Å². The van der Waals surface area contributed by atoms with Crippen LogP contribution in [0.4, 0.5) is 11.6 Å². The van der Waals surface area contributed by atoms with Crippen LogP contribution in [0.5, 0.6) is 0 Å². The normalized spacial score (nSPS) is 13.9. The van der Waals surface area contributed by atoms with E-state index in [-0.39, 0.29) is 5.91 Å². The third-order valence-corrected chi connectivity index (χ3v) is 5.72. The van der Waals surface area contributed by atoms with Gasteiger partial charge in [-0.15, -0.1) is 0 Å². The summed E-state index contributed by atoms with van der Waals surface area (Å²) in [7, 11) is 0. The molecule has 2 aromatic carbocycles. The Morgan fingerprint density at radius 2 is 1.58 bits per heavy atom. The first-order valence-electron chi connectivity index (χ1n) is 10.7. The van der Waals surface area contributed by atoms with E-state index >= 15 is 0 Å². The molecule has 31 heavy (non-hydrogen) atoms. The lowest BCUT2D eigenvalue weighted by Gasteiger charge is -2.26. The predicted molar refractivity (Wildman–Crippen MR) is 124 cm³/mol. The quantitative estimate of drug-likeness (QED) is 0.473. The maximum Gasteiger partial charge on any atom is 0.253 e. The lowest BCUT2D eigenvalue weighted by molar-refractivity contribution is 0.0724. The number of piperidine rings is 1. The van der Waals surface area contributed by atoms with E-state index in [0.29, 0.717) is 0 Å². The molecule has 1 saturated heterocycles. The first-order chi connectivity index (χ1) is 15.3. The topological polar surface area (TPSA) is 58.1 Å². The van der Waals surface area contributed by atoms with E-state index in [9.17, 15) is 4.79 Å². The molecule has 5 heteroatoms. The summed E-state index contributed by atoms with van der Waals surface area (Å²) in [6, 6.07) is 23.9. The molecule has 1 amide bonds. The first-order valence-corrected chi connectivity index (χ1v) is 10.7. The number of carbonyl (C=O) groups excluding carboxylic acids is 1. The molecule has 0 bridgehead atoms. The molecular formula is C26H24N4O. The highest BCUT2D eigenvalue weighted by atomic mass is 16.2. The van der Waals surface area contributed by atoms with Crippen LogP contribution in [-0.2, 0) is 0 Å². The van der Waals surface area contributed by atoms with E-state index in [1.54, 1.807) is 6.20 Å². The van der Waals surface area contributed by atoms with Gasteiger partial charge < -0.3 is 10.2 Å². The Kier molecular flexibility index (Phi) is 5.31. The molecule has 5 rings (SSSR count). The van der Waals surface area contributed by atoms with Gasteiger partial charge in [0.1, 0.15) is 11.6 Å². The van der Waals surface area contributed by atoms with Gasteiger partial charge in [-0.25, -0.2) is 9.97 Å². The van der Waals surface area contributed by atoms with Gasteiger partial charge in [0.25, 0.3) is 5.91 Å². The summed E-state index contributed by atoms with van der Waals surface area (Å²) < 4.78 is 0. The van der Waals surface area contributed by atoms with E-state index in [2.05, 4.69) is 34.6 Å². The van der Waals surface area contributed by atoms with Crippen LogP contribution >= 0.6 is 0 Å². The van der Waals surface area contributed by atoms with Crippen molar-refractivity contribution in [1.29, 1.82) is 0 Å². The standard InChI is InChI=1S/C26H24N4O/c31-26(30-16-4-1-5-17-30)21-10-7-19(8-11-21)22-12-9-20-13-14-25(28-23(20)18-22)29-24-6-2-3-15-27-24/h2-3,6-15,18H,1,4-5,16-17H2,(H,27,28,29). The predicted octanol–water partition coefficient (Wildman–Crippen LogP) is 5.67. The molecule has 0 radical (unpaired) electrons. The average molecular weight is 409 g/mol. The highest BCUT2D eigenvalue weighted by Crippen LogP contribution is 2.26. The summed E-state index contributed by atoms with van der Waals surface area (Å²) in [6.45, 7) is 1.73. The van der Waals surface area contributed by atoms with Crippen molar-refractivity contribution in [3.63, 3.8) is 0 Å². The fourth-order valence-corrected chi connectivity index (χ4v) is 4.02. The molecule has 1 aliphatic rings. The summed E-state index contributed by atoms with van der Waals surface area (Å²) >= 11 is 0. The zero-order valence-corrected chi connectivity index (χ0v) is 17.3. The van der Waals surface area contributed by atoms with Crippen LogP contribution in [0.3, 0.4) is 0 Å². The molecule has 2 aromatic heterocycles. The number of rotatable bonds is 4. The van der Waals surface area contributed by atoms with Gasteiger partial charge in [0.05, 0.1) is 5.52 Å². The van der Waals surface area contributed by atoms with E-state index in [4.69, 9.17) is 4.98 Å². The van der Waals surface area contributed by atoms with Crippen molar-refractivity contribution in [2.24, 2.45) is 0 Å². The van der Waals surface area contributed by atoms with E-state index < -0.39 is 0 Å². The minimum absolute atomic E-state index is 0.136. The van der Waals surface area contributed by atoms with Crippen molar-refractivity contribution in [2.75, 3.05) is 18.4 Å². The van der Waals surface area contributed by atoms with E-state index in [0.717, 1.165) is 65.2 Å². The number of anilines is 2. The van der Waals surface area contributed by atoms with Crippen molar-refractivity contribution in [1.82, 2.24) is 14.9 Å². The zero-order chi connectivity index (χ0) is 21.0. The summed E-state index contributed by atoms with van der Waals surface area (Å²) in [4.78, 5) is 23.7. The average Bonchev–Trinajstić information content (AvgIpc) is 2.84. The van der Waals surface area contributed by atoms with Gasteiger partial charge in [0.15, 0.2) is 0 Å². The lowest BCUT2D eigenvalue weighted by Crippen LogP contribution is -2.35. The SMILES string of the molecule is O=C(c1ccc(-c2ccc3ccc(Nc4ccccn4)nc3c2)cc1)N1CCCCC1. The Labute approximate surface area is 181 Å². The zero-order valence-electron chi connectivity index (χ0n) is 17.3. The number of carbonyl (C=O) groups is 1. The number of amides is 1. The van der Waals surface area contributed by atoms with E-state index in [1.807, 2.05) is 53.4 Å². The fourth-order valence-electron chi connectivity index (χ4n) is 4.02. The van der Waals surface area contributed by atoms with Crippen LogP contribution in [-0.4, -0.2) is 33.9 Å². The van der Waals surface area contributed by atoms with Crippen molar-refractivity contribution < 1.29 is 4.79 Å². The third-order valence-electron chi connectivity index (χ3n) is 5.72. The van der Waals surface area contributed by atoms with Crippen LogP contribution in [0.2, 0.25) is 0 Å². The Bertz CT molecular complexity index is 1200. The van der Waals surface area contributed by atoms with Gasteiger partial charge in [-0.2, -0.15) is 0 Å².